The van der Waals surface area contributed by atoms with Crippen LogP contribution in [0.1, 0.15) is 54.0 Å². The van der Waals surface area contributed by atoms with Crippen molar-refractivity contribution in [1.29, 1.82) is 0 Å². The molecule has 1 unspecified atom stereocenters. The predicted molar refractivity (Wildman–Crippen MR) is 127 cm³/mol. The van der Waals surface area contributed by atoms with Gasteiger partial charge in [-0.2, -0.15) is 11.1 Å². The van der Waals surface area contributed by atoms with E-state index in [9.17, 15) is 0 Å². The second-order valence-corrected chi connectivity index (χ2v) is 9.26. The predicted octanol–water partition coefficient (Wildman–Crippen LogP) is 8.00. The Hall–Kier alpha value is -1.09. The van der Waals surface area contributed by atoms with E-state index in [1.165, 1.54) is 22.3 Å². The molecule has 0 amide bonds. The molecule has 0 spiro atoms. The van der Waals surface area contributed by atoms with Crippen molar-refractivity contribution in [1.82, 2.24) is 0 Å². The van der Waals surface area contributed by atoms with Gasteiger partial charge in [-0.25, -0.2) is 5.57 Å². The quantitative estimate of drug-likeness (QED) is 0.199. The van der Waals surface area contributed by atoms with E-state index in [2.05, 4.69) is 87.2 Å². The van der Waals surface area contributed by atoms with Crippen LogP contribution in [0.3, 0.4) is 0 Å². The minimum Gasteiger partial charge on any atom is -0.465 e. The van der Waals surface area contributed by atoms with Gasteiger partial charge in [0.05, 0.1) is 6.26 Å². The van der Waals surface area contributed by atoms with Crippen LogP contribution in [0, 0.1) is 24.3 Å². The number of allylic oxidation sites excluding steroid dienone is 6. The molecule has 2 rings (SSSR count). The Labute approximate surface area is 198 Å². The molecule has 1 atom stereocenters. The van der Waals surface area contributed by atoms with E-state index >= 15 is 0 Å². The summed E-state index contributed by atoms with van der Waals surface area (Å²) in [4.78, 5) is 0. The average Bonchev–Trinajstić information content (AvgIpc) is 2.81. The van der Waals surface area contributed by atoms with Gasteiger partial charge in [0, 0.05) is 31.2 Å². The molecule has 1 aliphatic rings. The van der Waals surface area contributed by atoms with Gasteiger partial charge in [0.15, 0.2) is 0 Å². The third-order valence-electron chi connectivity index (χ3n) is 4.63. The standard InChI is InChI=1S/C15H20O.C9H13.C2H6Si.Ti/c1-6-13(15(3,4)5)11-16-14-9-7-8-12(2)10-14;1-6-5-7(2)9(4)8(6)3;1-3-2;/h6-11H,1H2,2-5H3;6H,1-4H3;1-2H3;/q;-1;;. The Balaban J connectivity index is 0. The molecule has 0 aliphatic heterocycles. The molecule has 0 heterocycles. The van der Waals surface area contributed by atoms with E-state index in [0.29, 0.717) is 5.92 Å². The fourth-order valence-electron chi connectivity index (χ4n) is 2.51. The maximum Gasteiger partial charge on any atom is 0.126 e. The van der Waals surface area contributed by atoms with Crippen LogP contribution in [-0.2, 0) is 21.7 Å². The Morgan fingerprint density at radius 2 is 1.69 bits per heavy atom. The molecule has 1 aromatic carbocycles. The zero-order valence-corrected chi connectivity index (χ0v) is 22.7. The summed E-state index contributed by atoms with van der Waals surface area (Å²) in [6, 6.07) is 8.00. The zero-order chi connectivity index (χ0) is 21.9. The fraction of sp³-hybridized carbons (Fsp3) is 0.462. The maximum atomic E-state index is 5.63. The second-order valence-electron chi connectivity index (χ2n) is 8.26. The largest absolute Gasteiger partial charge is 0.465 e. The monoisotopic (exact) mass is 443 g/mol. The second kappa shape index (κ2) is 14.8. The fourth-order valence-corrected chi connectivity index (χ4v) is 2.51. The molecule has 0 fully saturated rings. The van der Waals surface area contributed by atoms with Gasteiger partial charge in [0.1, 0.15) is 5.75 Å². The zero-order valence-electron chi connectivity index (χ0n) is 20.2. The van der Waals surface area contributed by atoms with Crippen LogP contribution in [0.5, 0.6) is 5.75 Å². The third-order valence-corrected chi connectivity index (χ3v) is 4.63. The van der Waals surface area contributed by atoms with E-state index in [1.54, 1.807) is 6.26 Å². The van der Waals surface area contributed by atoms with Gasteiger partial charge in [-0.15, -0.1) is 6.92 Å². The molecule has 0 aromatic heterocycles. The number of hydrogen-bond acceptors (Lipinski definition) is 1. The summed E-state index contributed by atoms with van der Waals surface area (Å²) in [5.41, 5.74) is 6.59. The van der Waals surface area contributed by atoms with Crippen molar-refractivity contribution >= 4 is 9.52 Å². The topological polar surface area (TPSA) is 9.23 Å². The molecular weight excluding hydrogens is 404 g/mol. The molecule has 0 bridgehead atoms. The normalized spacial score (nSPS) is 15.9. The number of aryl methyl sites for hydroxylation is 1. The minimum absolute atomic E-state index is 0. The van der Waals surface area contributed by atoms with Gasteiger partial charge in [0.2, 0.25) is 0 Å². The van der Waals surface area contributed by atoms with Gasteiger partial charge in [-0.3, -0.25) is 6.08 Å². The molecule has 2 radical (unpaired) electrons. The third kappa shape index (κ3) is 11.6. The summed E-state index contributed by atoms with van der Waals surface area (Å²) in [7, 11) is 1.08. The van der Waals surface area contributed by atoms with Crippen LogP contribution in [0.4, 0.5) is 0 Å². The molecule has 29 heavy (non-hydrogen) atoms. The first-order chi connectivity index (χ1) is 13.0. The molecule has 0 saturated heterocycles. The summed E-state index contributed by atoms with van der Waals surface area (Å²) in [5, 5.41) is 0. The Bertz CT molecular complexity index is 720. The average molecular weight is 444 g/mol. The molecule has 1 aliphatic carbocycles. The van der Waals surface area contributed by atoms with Crippen LogP contribution >= 0.6 is 0 Å². The van der Waals surface area contributed by atoms with E-state index in [0.717, 1.165) is 20.8 Å². The van der Waals surface area contributed by atoms with Crippen molar-refractivity contribution in [2.45, 2.75) is 68.5 Å². The van der Waals surface area contributed by atoms with Crippen LogP contribution < -0.4 is 4.74 Å². The SMILES string of the molecule is C=CC(=COc1cccc(C)c1)C(C)(C)C.CC1=[C-]C(C)C(C)=C1C.C[Si]C.[Ti]. The first-order valence-corrected chi connectivity index (χ1v) is 11.9. The van der Waals surface area contributed by atoms with Crippen molar-refractivity contribution < 1.29 is 26.5 Å². The van der Waals surface area contributed by atoms with Crippen molar-refractivity contribution in [2.75, 3.05) is 0 Å². The van der Waals surface area contributed by atoms with Crippen molar-refractivity contribution in [2.24, 2.45) is 11.3 Å². The summed E-state index contributed by atoms with van der Waals surface area (Å²) in [5.74, 6) is 1.42. The number of benzene rings is 1. The number of hydrogen-bond donors (Lipinski definition) is 0. The number of rotatable bonds is 3. The Morgan fingerprint density at radius 1 is 1.14 bits per heavy atom. The Kier molecular flexibility index (Phi) is 15.4. The van der Waals surface area contributed by atoms with E-state index in [-0.39, 0.29) is 27.1 Å². The van der Waals surface area contributed by atoms with Gasteiger partial charge in [-0.1, -0.05) is 85.3 Å². The van der Waals surface area contributed by atoms with Crippen LogP contribution in [0.15, 0.2) is 65.5 Å². The van der Waals surface area contributed by atoms with E-state index in [4.69, 9.17) is 4.74 Å². The smallest absolute Gasteiger partial charge is 0.126 e. The molecule has 1 nitrogen and oxygen atoms in total. The van der Waals surface area contributed by atoms with Gasteiger partial charge in [-0.05, 0) is 35.6 Å². The maximum absolute atomic E-state index is 5.63. The van der Waals surface area contributed by atoms with Crippen LogP contribution in [0.25, 0.3) is 0 Å². The first kappa shape index (κ1) is 30.1. The molecule has 1 aromatic rings. The van der Waals surface area contributed by atoms with Gasteiger partial charge >= 0.3 is 0 Å². The summed E-state index contributed by atoms with van der Waals surface area (Å²) < 4.78 is 5.63. The summed E-state index contributed by atoms with van der Waals surface area (Å²) in [6.45, 7) is 25.3. The molecule has 3 heteroatoms. The molecule has 158 valence electrons. The molecule has 0 saturated carbocycles. The number of ether oxygens (including phenoxy) is 1. The van der Waals surface area contributed by atoms with Crippen LogP contribution in [-0.4, -0.2) is 9.52 Å². The van der Waals surface area contributed by atoms with Gasteiger partial charge < -0.3 is 4.74 Å². The van der Waals surface area contributed by atoms with Crippen molar-refractivity contribution in [3.63, 3.8) is 0 Å². The Morgan fingerprint density at radius 3 is 2.00 bits per heavy atom. The molecule has 0 N–H and O–H groups in total. The minimum atomic E-state index is 0. The van der Waals surface area contributed by atoms with Crippen molar-refractivity contribution in [3.8, 4) is 5.75 Å². The summed E-state index contributed by atoms with van der Waals surface area (Å²) >= 11 is 0. The first-order valence-electron chi connectivity index (χ1n) is 9.90. The van der Waals surface area contributed by atoms with Crippen LogP contribution in [0.2, 0.25) is 13.1 Å². The van der Waals surface area contributed by atoms with Crippen molar-refractivity contribution in [3.05, 3.63) is 77.1 Å². The molecular formula is C26H39OSiTi-. The van der Waals surface area contributed by atoms with E-state index in [1.807, 2.05) is 24.3 Å². The van der Waals surface area contributed by atoms with E-state index < -0.39 is 0 Å². The summed E-state index contributed by atoms with van der Waals surface area (Å²) in [6.07, 6.45) is 6.98. The van der Waals surface area contributed by atoms with Gasteiger partial charge in [0.25, 0.3) is 0 Å².